The van der Waals surface area contributed by atoms with Crippen molar-refractivity contribution in [3.8, 4) is 22.6 Å². The molecule has 3 aromatic heterocycles. The zero-order chi connectivity index (χ0) is 22.2. The SMILES string of the molecule is Cc1ccc(NC(=O)c2cc(-c3cccn4c(-c5cnnn5C)ncc34)ccc2C)cc1. The van der Waals surface area contributed by atoms with E-state index in [9.17, 15) is 4.79 Å². The molecule has 0 aliphatic heterocycles. The van der Waals surface area contributed by atoms with Gasteiger partial charge in [0, 0.05) is 30.1 Å². The highest BCUT2D eigenvalue weighted by Crippen LogP contribution is 2.29. The number of amides is 1. The first-order chi connectivity index (χ1) is 15.5. The largest absolute Gasteiger partial charge is 0.322 e. The molecular weight excluding hydrogens is 400 g/mol. The third-order valence-corrected chi connectivity index (χ3v) is 5.62. The van der Waals surface area contributed by atoms with Crippen molar-refractivity contribution in [1.82, 2.24) is 24.4 Å². The Morgan fingerprint density at radius 2 is 1.81 bits per heavy atom. The molecule has 0 radical (unpaired) electrons. The summed E-state index contributed by atoms with van der Waals surface area (Å²) in [6.45, 7) is 3.97. The van der Waals surface area contributed by atoms with Crippen molar-refractivity contribution in [3.63, 3.8) is 0 Å². The maximum absolute atomic E-state index is 13.0. The number of aryl methyl sites for hydroxylation is 3. The minimum Gasteiger partial charge on any atom is -0.322 e. The van der Waals surface area contributed by atoms with Gasteiger partial charge in [0.05, 0.1) is 17.9 Å². The van der Waals surface area contributed by atoms with Crippen LogP contribution in [0.2, 0.25) is 0 Å². The van der Waals surface area contributed by atoms with Crippen molar-refractivity contribution in [2.24, 2.45) is 7.05 Å². The summed E-state index contributed by atoms with van der Waals surface area (Å²) < 4.78 is 3.71. The first-order valence-electron chi connectivity index (χ1n) is 10.3. The number of benzene rings is 2. The van der Waals surface area contributed by atoms with Crippen LogP contribution >= 0.6 is 0 Å². The molecule has 32 heavy (non-hydrogen) atoms. The van der Waals surface area contributed by atoms with Gasteiger partial charge >= 0.3 is 0 Å². The number of hydrogen-bond donors (Lipinski definition) is 1. The third kappa shape index (κ3) is 3.43. The Bertz CT molecular complexity index is 1450. The number of carbonyl (C=O) groups excluding carboxylic acids is 1. The number of pyridine rings is 1. The molecule has 5 rings (SSSR count). The fourth-order valence-electron chi connectivity index (χ4n) is 3.82. The second-order valence-corrected chi connectivity index (χ2v) is 7.85. The van der Waals surface area contributed by atoms with E-state index in [2.05, 4.69) is 20.6 Å². The predicted octanol–water partition coefficient (Wildman–Crippen LogP) is 4.67. The number of anilines is 1. The molecule has 0 aliphatic carbocycles. The number of hydrogen-bond acceptors (Lipinski definition) is 4. The monoisotopic (exact) mass is 422 g/mol. The van der Waals surface area contributed by atoms with E-state index in [4.69, 9.17) is 0 Å². The van der Waals surface area contributed by atoms with Gasteiger partial charge in [-0.3, -0.25) is 9.20 Å². The molecular formula is C25H22N6O. The van der Waals surface area contributed by atoms with Crippen LogP contribution in [0.15, 0.2) is 73.2 Å². The molecule has 3 heterocycles. The first kappa shape index (κ1) is 19.7. The van der Waals surface area contributed by atoms with Gasteiger partial charge in [0.2, 0.25) is 0 Å². The van der Waals surface area contributed by atoms with Crippen LogP contribution in [0.4, 0.5) is 5.69 Å². The van der Waals surface area contributed by atoms with Gasteiger partial charge in [-0.25, -0.2) is 9.67 Å². The zero-order valence-electron chi connectivity index (χ0n) is 18.1. The number of imidazole rings is 1. The van der Waals surface area contributed by atoms with Crippen molar-refractivity contribution in [2.45, 2.75) is 13.8 Å². The van der Waals surface area contributed by atoms with Crippen LogP contribution in [0, 0.1) is 13.8 Å². The Hall–Kier alpha value is -4.26. The molecule has 1 amide bonds. The van der Waals surface area contributed by atoms with Gasteiger partial charge in [-0.15, -0.1) is 5.10 Å². The number of nitrogens with zero attached hydrogens (tertiary/aromatic N) is 5. The van der Waals surface area contributed by atoms with Crippen molar-refractivity contribution < 1.29 is 4.79 Å². The summed E-state index contributed by atoms with van der Waals surface area (Å²) in [5.74, 6) is 0.633. The number of rotatable bonds is 4. The minimum absolute atomic E-state index is 0.129. The number of nitrogens with one attached hydrogen (secondary N) is 1. The topological polar surface area (TPSA) is 77.1 Å². The van der Waals surface area contributed by atoms with Crippen molar-refractivity contribution >= 4 is 17.1 Å². The molecule has 0 bridgehead atoms. The molecule has 2 aromatic carbocycles. The average molecular weight is 422 g/mol. The Morgan fingerprint density at radius 3 is 2.56 bits per heavy atom. The molecule has 0 saturated carbocycles. The summed E-state index contributed by atoms with van der Waals surface area (Å²) in [4.78, 5) is 17.6. The fraction of sp³-hybridized carbons (Fsp3) is 0.120. The minimum atomic E-state index is -0.129. The van der Waals surface area contributed by atoms with Crippen LogP contribution in [0.25, 0.3) is 28.2 Å². The lowest BCUT2D eigenvalue weighted by Gasteiger charge is -2.11. The molecule has 1 N–H and O–H groups in total. The van der Waals surface area contributed by atoms with Crippen molar-refractivity contribution in [3.05, 3.63) is 89.9 Å². The molecule has 5 aromatic rings. The molecule has 7 heteroatoms. The molecule has 0 aliphatic rings. The van der Waals surface area contributed by atoms with Crippen molar-refractivity contribution in [2.75, 3.05) is 5.32 Å². The molecule has 7 nitrogen and oxygen atoms in total. The normalized spacial score (nSPS) is 11.1. The van der Waals surface area contributed by atoms with Gasteiger partial charge < -0.3 is 5.32 Å². The molecule has 0 spiro atoms. The quantitative estimate of drug-likeness (QED) is 0.457. The lowest BCUT2D eigenvalue weighted by molar-refractivity contribution is 0.102. The second-order valence-electron chi connectivity index (χ2n) is 7.85. The summed E-state index contributed by atoms with van der Waals surface area (Å²) in [6.07, 6.45) is 5.50. The van der Waals surface area contributed by atoms with Crippen LogP contribution in [-0.2, 0) is 7.05 Å². The Kier molecular flexibility index (Phi) is 4.78. The Morgan fingerprint density at radius 1 is 1.00 bits per heavy atom. The second kappa shape index (κ2) is 7.77. The van der Waals surface area contributed by atoms with E-state index in [0.717, 1.165) is 45.0 Å². The van der Waals surface area contributed by atoms with Crippen LogP contribution < -0.4 is 5.32 Å². The first-order valence-corrected chi connectivity index (χ1v) is 10.3. The number of fused-ring (bicyclic) bond motifs is 1. The summed E-state index contributed by atoms with van der Waals surface area (Å²) in [5, 5.41) is 11.0. The highest BCUT2D eigenvalue weighted by molar-refractivity contribution is 6.06. The van der Waals surface area contributed by atoms with Crippen LogP contribution in [0.3, 0.4) is 0 Å². The summed E-state index contributed by atoms with van der Waals surface area (Å²) in [6, 6.07) is 17.7. The molecule has 0 saturated heterocycles. The van der Waals surface area contributed by atoms with E-state index in [0.29, 0.717) is 5.56 Å². The highest BCUT2D eigenvalue weighted by Gasteiger charge is 2.16. The lowest BCUT2D eigenvalue weighted by atomic mass is 9.99. The Balaban J connectivity index is 1.54. The maximum Gasteiger partial charge on any atom is 0.255 e. The third-order valence-electron chi connectivity index (χ3n) is 5.62. The van der Waals surface area contributed by atoms with Gasteiger partial charge in [-0.2, -0.15) is 0 Å². The van der Waals surface area contributed by atoms with Gasteiger partial charge in [-0.1, -0.05) is 41.1 Å². The van der Waals surface area contributed by atoms with Crippen LogP contribution in [0.1, 0.15) is 21.5 Å². The molecule has 158 valence electrons. The van der Waals surface area contributed by atoms with Gasteiger partial charge in [0.1, 0.15) is 5.69 Å². The van der Waals surface area contributed by atoms with E-state index >= 15 is 0 Å². The summed E-state index contributed by atoms with van der Waals surface area (Å²) >= 11 is 0. The summed E-state index contributed by atoms with van der Waals surface area (Å²) in [5.41, 5.74) is 7.19. The number of carbonyl (C=O) groups is 1. The van der Waals surface area contributed by atoms with E-state index < -0.39 is 0 Å². The van der Waals surface area contributed by atoms with E-state index in [-0.39, 0.29) is 5.91 Å². The standard InChI is InChI=1S/C25H22N6O/c1-16-6-10-19(11-7-16)28-25(32)21-13-18(9-8-17(21)2)20-5-4-12-31-22(20)14-26-24(31)23-15-27-29-30(23)3/h4-15H,1-3H3,(H,28,32). The van der Waals surface area contributed by atoms with Crippen LogP contribution in [0.5, 0.6) is 0 Å². The fourth-order valence-corrected chi connectivity index (χ4v) is 3.82. The van der Waals surface area contributed by atoms with Gasteiger partial charge in [0.15, 0.2) is 5.82 Å². The summed E-state index contributed by atoms with van der Waals surface area (Å²) in [7, 11) is 1.84. The molecule has 0 unspecified atom stereocenters. The maximum atomic E-state index is 13.0. The Labute approximate surface area is 185 Å². The molecule has 0 atom stereocenters. The van der Waals surface area contributed by atoms with E-state index in [1.807, 2.05) is 92.3 Å². The van der Waals surface area contributed by atoms with Crippen molar-refractivity contribution in [1.29, 1.82) is 0 Å². The number of aromatic nitrogens is 5. The van der Waals surface area contributed by atoms with E-state index in [1.54, 1.807) is 10.9 Å². The van der Waals surface area contributed by atoms with Crippen LogP contribution in [-0.4, -0.2) is 30.3 Å². The smallest absolute Gasteiger partial charge is 0.255 e. The average Bonchev–Trinajstić information content (AvgIpc) is 3.41. The van der Waals surface area contributed by atoms with E-state index in [1.165, 1.54) is 0 Å². The van der Waals surface area contributed by atoms with Gasteiger partial charge in [0.25, 0.3) is 5.91 Å². The molecule has 0 fully saturated rings. The van der Waals surface area contributed by atoms with Gasteiger partial charge in [-0.05, 0) is 49.2 Å². The highest BCUT2D eigenvalue weighted by atomic mass is 16.1. The predicted molar refractivity (Wildman–Crippen MR) is 124 cm³/mol. The lowest BCUT2D eigenvalue weighted by Crippen LogP contribution is -2.13. The zero-order valence-corrected chi connectivity index (χ0v) is 18.1.